The van der Waals surface area contributed by atoms with Crippen LogP contribution in [0.2, 0.25) is 0 Å². The maximum absolute atomic E-state index is 13.7. The predicted molar refractivity (Wildman–Crippen MR) is 61.3 cm³/mol. The van der Waals surface area contributed by atoms with Gasteiger partial charge in [-0.2, -0.15) is 0 Å². The van der Waals surface area contributed by atoms with Crippen LogP contribution in [-0.2, 0) is 6.67 Å². The molecule has 0 N–H and O–H groups in total. The van der Waals surface area contributed by atoms with Crippen molar-refractivity contribution in [3.8, 4) is 11.1 Å². The average Bonchev–Trinajstić information content (AvgIpc) is 2.26. The van der Waals surface area contributed by atoms with E-state index in [1.165, 1.54) is 6.92 Å². The Balaban J connectivity index is 2.67. The van der Waals surface area contributed by atoms with E-state index in [2.05, 4.69) is 0 Å². The smallest absolute Gasteiger partial charge is 0.134 e. The highest BCUT2D eigenvalue weighted by Gasteiger charge is 2.17. The van der Waals surface area contributed by atoms with Gasteiger partial charge in [0.15, 0.2) is 0 Å². The van der Waals surface area contributed by atoms with Crippen molar-refractivity contribution >= 4 is 0 Å². The second-order valence-electron chi connectivity index (χ2n) is 4.16. The van der Waals surface area contributed by atoms with Crippen LogP contribution >= 0.6 is 0 Å². The molecule has 0 spiro atoms. The van der Waals surface area contributed by atoms with Gasteiger partial charge >= 0.3 is 0 Å². The molecule has 0 radical (unpaired) electrons. The minimum absolute atomic E-state index is 0.304. The van der Waals surface area contributed by atoms with E-state index in [0.29, 0.717) is 5.56 Å². The van der Waals surface area contributed by atoms with E-state index in [4.69, 9.17) is 0 Å². The molecule has 0 unspecified atom stereocenters. The Morgan fingerprint density at radius 3 is 1.68 bits per heavy atom. The molecule has 0 bridgehead atoms. The van der Waals surface area contributed by atoms with Crippen molar-refractivity contribution in [3.05, 3.63) is 58.7 Å². The van der Waals surface area contributed by atoms with E-state index in [0.717, 1.165) is 24.3 Å². The van der Waals surface area contributed by atoms with Gasteiger partial charge < -0.3 is 0 Å². The first-order valence-corrected chi connectivity index (χ1v) is 5.44. The predicted octanol–water partition coefficient (Wildman–Crippen LogP) is 4.69. The van der Waals surface area contributed by atoms with Crippen LogP contribution in [0.3, 0.4) is 0 Å². The molecular formula is C14H9F5. The van der Waals surface area contributed by atoms with Gasteiger partial charge in [-0.1, -0.05) is 0 Å². The van der Waals surface area contributed by atoms with Crippen LogP contribution in [0.4, 0.5) is 22.0 Å². The Bertz CT molecular complexity index is 588. The van der Waals surface area contributed by atoms with Gasteiger partial charge in [-0.3, -0.25) is 0 Å². The van der Waals surface area contributed by atoms with Crippen molar-refractivity contribution in [2.75, 3.05) is 0 Å². The molecule has 0 atom stereocenters. The van der Waals surface area contributed by atoms with E-state index in [1.807, 2.05) is 0 Å². The first kappa shape index (κ1) is 13.5. The lowest BCUT2D eigenvalue weighted by molar-refractivity contribution is 0.440. The molecule has 0 amide bonds. The number of halogens is 5. The third kappa shape index (κ3) is 2.45. The van der Waals surface area contributed by atoms with Crippen molar-refractivity contribution in [3.63, 3.8) is 0 Å². The van der Waals surface area contributed by atoms with Crippen LogP contribution in [0.25, 0.3) is 11.1 Å². The molecule has 5 heteroatoms. The van der Waals surface area contributed by atoms with Crippen LogP contribution in [0.1, 0.15) is 11.1 Å². The fraction of sp³-hybridized carbons (Fsp3) is 0.143. The SMILES string of the molecule is Cc1cc(F)c(-c2cc(F)c(CF)c(F)c2)c(F)c1. The zero-order chi connectivity index (χ0) is 14.2. The summed E-state index contributed by atoms with van der Waals surface area (Å²) in [5.41, 5.74) is -1.24. The van der Waals surface area contributed by atoms with E-state index in [9.17, 15) is 22.0 Å². The summed E-state index contributed by atoms with van der Waals surface area (Å²) in [6.07, 6.45) is 0. The first-order valence-electron chi connectivity index (χ1n) is 5.44. The first-order chi connectivity index (χ1) is 8.93. The average molecular weight is 272 g/mol. The summed E-state index contributed by atoms with van der Waals surface area (Å²) in [5.74, 6) is -4.19. The van der Waals surface area contributed by atoms with Crippen LogP contribution in [-0.4, -0.2) is 0 Å². The van der Waals surface area contributed by atoms with Gasteiger partial charge in [0, 0.05) is 0 Å². The zero-order valence-electron chi connectivity index (χ0n) is 9.91. The van der Waals surface area contributed by atoms with E-state index < -0.39 is 41.1 Å². The van der Waals surface area contributed by atoms with E-state index in [-0.39, 0.29) is 5.56 Å². The van der Waals surface area contributed by atoms with E-state index >= 15 is 0 Å². The second kappa shape index (κ2) is 4.99. The molecule has 0 nitrogen and oxygen atoms in total. The van der Waals surface area contributed by atoms with Crippen LogP contribution in [0.15, 0.2) is 24.3 Å². The molecule has 0 fully saturated rings. The number of benzene rings is 2. The Kier molecular flexibility index (Phi) is 3.55. The Hall–Kier alpha value is -1.91. The van der Waals surface area contributed by atoms with Gasteiger partial charge in [-0.15, -0.1) is 0 Å². The number of hydrogen-bond acceptors (Lipinski definition) is 0. The van der Waals surface area contributed by atoms with Gasteiger partial charge in [0.1, 0.15) is 29.9 Å². The van der Waals surface area contributed by atoms with Crippen LogP contribution in [0, 0.1) is 30.2 Å². The Labute approximate surface area is 106 Å². The van der Waals surface area contributed by atoms with Gasteiger partial charge in [-0.05, 0) is 42.3 Å². The summed E-state index contributed by atoms with van der Waals surface area (Å²) >= 11 is 0. The van der Waals surface area contributed by atoms with Crippen LogP contribution in [0.5, 0.6) is 0 Å². The standard InChI is InChI=1S/C14H9F5/c1-7-2-12(18)14(13(19)3-7)8-4-10(16)9(6-15)11(17)5-8/h2-5H,6H2,1H3. The highest BCUT2D eigenvalue weighted by molar-refractivity contribution is 5.66. The molecule has 0 aliphatic carbocycles. The lowest BCUT2D eigenvalue weighted by Gasteiger charge is -2.09. The molecular weight excluding hydrogens is 263 g/mol. The lowest BCUT2D eigenvalue weighted by atomic mass is 10.0. The highest BCUT2D eigenvalue weighted by atomic mass is 19.2. The molecule has 0 saturated heterocycles. The van der Waals surface area contributed by atoms with Gasteiger partial charge in [0.05, 0.1) is 11.1 Å². The van der Waals surface area contributed by atoms with Crippen molar-refractivity contribution in [1.82, 2.24) is 0 Å². The van der Waals surface area contributed by atoms with Crippen molar-refractivity contribution in [2.45, 2.75) is 13.6 Å². The summed E-state index contributed by atoms with van der Waals surface area (Å²) in [4.78, 5) is 0. The van der Waals surface area contributed by atoms with Crippen LogP contribution < -0.4 is 0 Å². The molecule has 0 aliphatic rings. The zero-order valence-corrected chi connectivity index (χ0v) is 9.91. The number of hydrogen-bond donors (Lipinski definition) is 0. The van der Waals surface area contributed by atoms with Gasteiger partial charge in [0.25, 0.3) is 0 Å². The second-order valence-corrected chi connectivity index (χ2v) is 4.16. The Morgan fingerprint density at radius 1 is 0.789 bits per heavy atom. The molecule has 19 heavy (non-hydrogen) atoms. The maximum Gasteiger partial charge on any atom is 0.134 e. The minimum Gasteiger partial charge on any atom is -0.246 e. The normalized spacial score (nSPS) is 10.8. The molecule has 0 heterocycles. The van der Waals surface area contributed by atoms with Gasteiger partial charge in [-0.25, -0.2) is 22.0 Å². The number of aryl methyl sites for hydroxylation is 1. The molecule has 2 aromatic rings. The summed E-state index contributed by atoms with van der Waals surface area (Å²) in [6, 6.07) is 3.54. The number of rotatable bonds is 2. The van der Waals surface area contributed by atoms with Gasteiger partial charge in [0.2, 0.25) is 0 Å². The summed E-state index contributed by atoms with van der Waals surface area (Å²) in [7, 11) is 0. The Morgan fingerprint density at radius 2 is 1.26 bits per heavy atom. The van der Waals surface area contributed by atoms with Crippen molar-refractivity contribution < 1.29 is 22.0 Å². The summed E-state index contributed by atoms with van der Waals surface area (Å²) < 4.78 is 66.6. The maximum atomic E-state index is 13.7. The lowest BCUT2D eigenvalue weighted by Crippen LogP contribution is -1.97. The molecule has 0 aromatic heterocycles. The molecule has 2 aromatic carbocycles. The van der Waals surface area contributed by atoms with Crippen molar-refractivity contribution in [2.24, 2.45) is 0 Å². The molecule has 0 aliphatic heterocycles. The third-order valence-electron chi connectivity index (χ3n) is 2.75. The topological polar surface area (TPSA) is 0 Å². The molecule has 0 saturated carbocycles. The number of alkyl halides is 1. The largest absolute Gasteiger partial charge is 0.246 e. The monoisotopic (exact) mass is 272 g/mol. The van der Waals surface area contributed by atoms with E-state index in [1.54, 1.807) is 0 Å². The molecule has 2 rings (SSSR count). The molecule has 100 valence electrons. The fourth-order valence-electron chi connectivity index (χ4n) is 1.85. The summed E-state index contributed by atoms with van der Waals surface area (Å²) in [5, 5.41) is 0. The van der Waals surface area contributed by atoms with Crippen molar-refractivity contribution in [1.29, 1.82) is 0 Å². The third-order valence-corrected chi connectivity index (χ3v) is 2.75. The minimum atomic E-state index is -1.32. The highest BCUT2D eigenvalue weighted by Crippen LogP contribution is 2.30. The quantitative estimate of drug-likeness (QED) is 0.696. The fourth-order valence-corrected chi connectivity index (χ4v) is 1.85. The summed E-state index contributed by atoms with van der Waals surface area (Å²) in [6.45, 7) is 0.167.